The Balaban J connectivity index is 2.11. The van der Waals surface area contributed by atoms with E-state index in [0.717, 1.165) is 31.7 Å². The molecule has 1 aliphatic rings. The van der Waals surface area contributed by atoms with Gasteiger partial charge in [-0.2, -0.15) is 0 Å². The topological polar surface area (TPSA) is 72.3 Å². The van der Waals surface area contributed by atoms with Crippen LogP contribution in [0.4, 0.5) is 0 Å². The number of rotatable bonds is 4. The molecule has 2 heterocycles. The predicted molar refractivity (Wildman–Crippen MR) is 65.5 cm³/mol. The van der Waals surface area contributed by atoms with Crippen LogP contribution in [0.3, 0.4) is 0 Å². The van der Waals surface area contributed by atoms with Crippen LogP contribution in [0.5, 0.6) is 0 Å². The molecule has 0 spiro atoms. The molecule has 1 aromatic heterocycles. The van der Waals surface area contributed by atoms with Crippen molar-refractivity contribution in [2.24, 2.45) is 0 Å². The van der Waals surface area contributed by atoms with Gasteiger partial charge in [0.05, 0.1) is 6.42 Å². The van der Waals surface area contributed by atoms with Crippen molar-refractivity contribution >= 4 is 5.97 Å². The molecular formula is C13H18N2O3. The molecule has 0 saturated carbocycles. The third-order valence-corrected chi connectivity index (χ3v) is 3.26. The van der Waals surface area contributed by atoms with Crippen molar-refractivity contribution in [1.82, 2.24) is 9.97 Å². The average molecular weight is 250 g/mol. The number of carboxylic acids is 1. The van der Waals surface area contributed by atoms with Crippen LogP contribution < -0.4 is 0 Å². The molecule has 18 heavy (non-hydrogen) atoms. The summed E-state index contributed by atoms with van der Waals surface area (Å²) in [6, 6.07) is 1.92. The average Bonchev–Trinajstić information content (AvgIpc) is 2.39. The first-order chi connectivity index (χ1) is 8.66. The summed E-state index contributed by atoms with van der Waals surface area (Å²) in [5.41, 5.74) is 1.01. The molecule has 1 N–H and O–H groups in total. The lowest BCUT2D eigenvalue weighted by molar-refractivity contribution is -0.137. The van der Waals surface area contributed by atoms with Crippen LogP contribution in [0.2, 0.25) is 0 Å². The minimum absolute atomic E-state index is 0.0667. The van der Waals surface area contributed by atoms with E-state index in [9.17, 15) is 4.79 Å². The van der Waals surface area contributed by atoms with Gasteiger partial charge in [0.15, 0.2) is 0 Å². The first-order valence-corrected chi connectivity index (χ1v) is 6.29. The fraction of sp³-hybridized carbons (Fsp3) is 0.615. The highest BCUT2D eigenvalue weighted by atomic mass is 16.5. The number of aromatic nitrogens is 2. The molecular weight excluding hydrogens is 232 g/mol. The normalized spacial score (nSPS) is 18.5. The standard InChI is InChI=1S/C13H18N2O3/c1-9(8-12(16)17)13-14-5-2-11(15-13)10-3-6-18-7-4-10/h2,5,9-10H,3-4,6-8H2,1H3,(H,16,17). The highest BCUT2D eigenvalue weighted by Gasteiger charge is 2.19. The zero-order valence-corrected chi connectivity index (χ0v) is 10.5. The van der Waals surface area contributed by atoms with Crippen LogP contribution in [0.15, 0.2) is 12.3 Å². The van der Waals surface area contributed by atoms with Gasteiger partial charge in [0.2, 0.25) is 0 Å². The van der Waals surface area contributed by atoms with Crippen LogP contribution in [0.25, 0.3) is 0 Å². The Hall–Kier alpha value is -1.49. The van der Waals surface area contributed by atoms with Crippen LogP contribution in [-0.4, -0.2) is 34.3 Å². The van der Waals surface area contributed by atoms with Gasteiger partial charge in [-0.15, -0.1) is 0 Å². The van der Waals surface area contributed by atoms with Crippen molar-refractivity contribution in [1.29, 1.82) is 0 Å². The highest BCUT2D eigenvalue weighted by Crippen LogP contribution is 2.26. The van der Waals surface area contributed by atoms with E-state index in [1.165, 1.54) is 0 Å². The molecule has 0 amide bonds. The molecule has 0 aliphatic carbocycles. The van der Waals surface area contributed by atoms with Crippen molar-refractivity contribution in [3.05, 3.63) is 23.8 Å². The van der Waals surface area contributed by atoms with Crippen molar-refractivity contribution in [2.75, 3.05) is 13.2 Å². The minimum atomic E-state index is -0.817. The van der Waals surface area contributed by atoms with Gasteiger partial charge < -0.3 is 9.84 Å². The van der Waals surface area contributed by atoms with Crippen molar-refractivity contribution in [2.45, 2.75) is 38.0 Å². The molecule has 1 fully saturated rings. The summed E-state index contributed by atoms with van der Waals surface area (Å²) in [6.07, 6.45) is 3.75. The molecule has 1 unspecified atom stereocenters. The van der Waals surface area contributed by atoms with Gasteiger partial charge in [-0.25, -0.2) is 9.97 Å². The van der Waals surface area contributed by atoms with Crippen LogP contribution in [-0.2, 0) is 9.53 Å². The number of hydrogen-bond acceptors (Lipinski definition) is 4. The Kier molecular flexibility index (Phi) is 4.25. The van der Waals surface area contributed by atoms with Gasteiger partial charge in [0.1, 0.15) is 5.82 Å². The molecule has 1 aromatic rings. The molecule has 5 nitrogen and oxygen atoms in total. The molecule has 1 aliphatic heterocycles. The molecule has 98 valence electrons. The van der Waals surface area contributed by atoms with Gasteiger partial charge in [-0.05, 0) is 18.9 Å². The Morgan fingerprint density at radius 2 is 2.28 bits per heavy atom. The monoisotopic (exact) mass is 250 g/mol. The largest absolute Gasteiger partial charge is 0.481 e. The maximum atomic E-state index is 10.7. The Bertz CT molecular complexity index is 416. The minimum Gasteiger partial charge on any atom is -0.481 e. The van der Waals surface area contributed by atoms with E-state index in [1.807, 2.05) is 13.0 Å². The molecule has 0 aromatic carbocycles. The summed E-state index contributed by atoms with van der Waals surface area (Å²) in [4.78, 5) is 19.4. The van der Waals surface area contributed by atoms with Gasteiger partial charge >= 0.3 is 5.97 Å². The summed E-state index contributed by atoms with van der Waals surface area (Å²) in [5.74, 6) is 0.0729. The number of aliphatic carboxylic acids is 1. The molecule has 1 saturated heterocycles. The number of carbonyl (C=O) groups is 1. The molecule has 0 bridgehead atoms. The lowest BCUT2D eigenvalue weighted by atomic mass is 9.96. The van der Waals surface area contributed by atoms with E-state index in [2.05, 4.69) is 9.97 Å². The van der Waals surface area contributed by atoms with Gasteiger partial charge in [0, 0.05) is 36.9 Å². The predicted octanol–water partition coefficient (Wildman–Crippen LogP) is 1.95. The summed E-state index contributed by atoms with van der Waals surface area (Å²) < 4.78 is 5.33. The smallest absolute Gasteiger partial charge is 0.304 e. The Labute approximate surface area is 106 Å². The fourth-order valence-corrected chi connectivity index (χ4v) is 2.20. The molecule has 0 radical (unpaired) electrons. The lowest BCUT2D eigenvalue weighted by Gasteiger charge is -2.22. The Morgan fingerprint density at radius 1 is 1.56 bits per heavy atom. The maximum Gasteiger partial charge on any atom is 0.304 e. The van der Waals surface area contributed by atoms with E-state index >= 15 is 0 Å². The van der Waals surface area contributed by atoms with E-state index in [4.69, 9.17) is 9.84 Å². The number of nitrogens with zero attached hydrogens (tertiary/aromatic N) is 2. The van der Waals surface area contributed by atoms with Crippen molar-refractivity contribution < 1.29 is 14.6 Å². The lowest BCUT2D eigenvalue weighted by Crippen LogP contribution is -2.16. The second-order valence-corrected chi connectivity index (χ2v) is 4.73. The fourth-order valence-electron chi connectivity index (χ4n) is 2.20. The van der Waals surface area contributed by atoms with Crippen LogP contribution in [0.1, 0.15) is 49.5 Å². The van der Waals surface area contributed by atoms with E-state index in [0.29, 0.717) is 11.7 Å². The summed E-state index contributed by atoms with van der Waals surface area (Å²) in [7, 11) is 0. The second-order valence-electron chi connectivity index (χ2n) is 4.73. The Morgan fingerprint density at radius 3 is 2.94 bits per heavy atom. The highest BCUT2D eigenvalue weighted by molar-refractivity contribution is 5.67. The van der Waals surface area contributed by atoms with Crippen LogP contribution in [0, 0.1) is 0 Å². The first-order valence-electron chi connectivity index (χ1n) is 6.29. The third kappa shape index (κ3) is 3.26. The van der Waals surface area contributed by atoms with E-state index < -0.39 is 5.97 Å². The summed E-state index contributed by atoms with van der Waals surface area (Å²) >= 11 is 0. The van der Waals surface area contributed by atoms with Gasteiger partial charge in [-0.1, -0.05) is 6.92 Å². The third-order valence-electron chi connectivity index (χ3n) is 3.26. The number of carboxylic acid groups (broad SMARTS) is 1. The number of hydrogen-bond donors (Lipinski definition) is 1. The zero-order valence-electron chi connectivity index (χ0n) is 10.5. The van der Waals surface area contributed by atoms with E-state index in [1.54, 1.807) is 6.20 Å². The number of ether oxygens (including phenoxy) is 1. The first kappa shape index (κ1) is 13.0. The van der Waals surface area contributed by atoms with Gasteiger partial charge in [0.25, 0.3) is 0 Å². The van der Waals surface area contributed by atoms with Crippen molar-refractivity contribution in [3.8, 4) is 0 Å². The van der Waals surface area contributed by atoms with Crippen LogP contribution >= 0.6 is 0 Å². The maximum absolute atomic E-state index is 10.7. The zero-order chi connectivity index (χ0) is 13.0. The quantitative estimate of drug-likeness (QED) is 0.884. The molecule has 5 heteroatoms. The summed E-state index contributed by atoms with van der Waals surface area (Å²) in [6.45, 7) is 3.39. The molecule has 2 rings (SSSR count). The van der Waals surface area contributed by atoms with Gasteiger partial charge in [-0.3, -0.25) is 4.79 Å². The second kappa shape index (κ2) is 5.91. The van der Waals surface area contributed by atoms with E-state index in [-0.39, 0.29) is 12.3 Å². The SMILES string of the molecule is CC(CC(=O)O)c1nccc(C2CCOCC2)n1. The van der Waals surface area contributed by atoms with Crippen molar-refractivity contribution in [3.63, 3.8) is 0 Å². The summed E-state index contributed by atoms with van der Waals surface area (Å²) in [5, 5.41) is 8.79. The molecule has 1 atom stereocenters.